The lowest BCUT2D eigenvalue weighted by Crippen LogP contribution is -2.45. The van der Waals surface area contributed by atoms with Crippen LogP contribution in [0.15, 0.2) is 30.3 Å². The van der Waals surface area contributed by atoms with Crippen molar-refractivity contribution in [3.8, 4) is 0 Å². The number of piperidine rings is 1. The molecular formula is C17H30Br2N2. The third-order valence-electron chi connectivity index (χ3n) is 4.29. The number of benzene rings is 1. The van der Waals surface area contributed by atoms with Crippen molar-refractivity contribution in [3.05, 3.63) is 35.9 Å². The van der Waals surface area contributed by atoms with Gasteiger partial charge in [0.15, 0.2) is 0 Å². The fourth-order valence-corrected chi connectivity index (χ4v) is 2.96. The molecule has 1 N–H and O–H groups in total. The Hall–Kier alpha value is 0.1000. The molecule has 0 unspecified atom stereocenters. The van der Waals surface area contributed by atoms with E-state index in [1.165, 1.54) is 44.3 Å². The summed E-state index contributed by atoms with van der Waals surface area (Å²) in [7, 11) is 0. The van der Waals surface area contributed by atoms with E-state index in [4.69, 9.17) is 0 Å². The molecule has 1 heterocycles. The summed E-state index contributed by atoms with van der Waals surface area (Å²) in [5.74, 6) is 0. The molecule has 1 aliphatic rings. The molecule has 122 valence electrons. The van der Waals surface area contributed by atoms with Gasteiger partial charge in [0.25, 0.3) is 0 Å². The zero-order valence-corrected chi connectivity index (χ0v) is 16.7. The molecule has 0 atom stereocenters. The topological polar surface area (TPSA) is 15.3 Å². The first-order valence-electron chi connectivity index (χ1n) is 7.84. The van der Waals surface area contributed by atoms with Crippen molar-refractivity contribution in [2.75, 3.05) is 13.1 Å². The van der Waals surface area contributed by atoms with Crippen LogP contribution in [0.4, 0.5) is 0 Å². The predicted octanol–water partition coefficient (Wildman–Crippen LogP) is 4.59. The number of nitrogens with one attached hydrogen (secondary N) is 1. The first kappa shape index (κ1) is 21.1. The smallest absolute Gasteiger partial charge is 0.0233 e. The molecule has 0 spiro atoms. The molecule has 21 heavy (non-hydrogen) atoms. The van der Waals surface area contributed by atoms with Gasteiger partial charge in [0.2, 0.25) is 0 Å². The van der Waals surface area contributed by atoms with Crippen molar-refractivity contribution in [1.29, 1.82) is 0 Å². The van der Waals surface area contributed by atoms with Gasteiger partial charge in [-0.3, -0.25) is 4.90 Å². The van der Waals surface area contributed by atoms with Crippen LogP contribution in [0.2, 0.25) is 0 Å². The third-order valence-corrected chi connectivity index (χ3v) is 4.29. The Balaban J connectivity index is 0.00000200. The van der Waals surface area contributed by atoms with Gasteiger partial charge in [-0.25, -0.2) is 0 Å². The van der Waals surface area contributed by atoms with Gasteiger partial charge in [-0.1, -0.05) is 44.2 Å². The molecule has 2 nitrogen and oxygen atoms in total. The minimum absolute atomic E-state index is 0. The van der Waals surface area contributed by atoms with Gasteiger partial charge in [-0.05, 0) is 44.3 Å². The van der Waals surface area contributed by atoms with Gasteiger partial charge in [-0.2, -0.15) is 0 Å². The summed E-state index contributed by atoms with van der Waals surface area (Å²) in [5.41, 5.74) is 1.44. The molecule has 0 aromatic heterocycles. The maximum Gasteiger partial charge on any atom is 0.0233 e. The zero-order chi connectivity index (χ0) is 13.5. The second-order valence-electron chi connectivity index (χ2n) is 5.72. The lowest BCUT2D eigenvalue weighted by molar-refractivity contribution is 0.182. The molecule has 0 saturated carbocycles. The number of halogens is 2. The fourth-order valence-electron chi connectivity index (χ4n) is 2.96. The summed E-state index contributed by atoms with van der Waals surface area (Å²) in [6, 6.07) is 12.3. The summed E-state index contributed by atoms with van der Waals surface area (Å²) in [5, 5.41) is 3.81. The molecule has 0 radical (unpaired) electrons. The van der Waals surface area contributed by atoms with Gasteiger partial charge in [0, 0.05) is 18.6 Å². The van der Waals surface area contributed by atoms with Crippen LogP contribution in [0.1, 0.15) is 45.1 Å². The van der Waals surface area contributed by atoms with E-state index in [1.54, 1.807) is 0 Å². The fraction of sp³-hybridized carbons (Fsp3) is 0.647. The van der Waals surface area contributed by atoms with Crippen molar-refractivity contribution >= 4 is 34.0 Å². The van der Waals surface area contributed by atoms with E-state index in [2.05, 4.69) is 54.4 Å². The lowest BCUT2D eigenvalue weighted by Gasteiger charge is -2.34. The Kier molecular flexibility index (Phi) is 11.7. The van der Waals surface area contributed by atoms with Crippen molar-refractivity contribution in [1.82, 2.24) is 10.2 Å². The van der Waals surface area contributed by atoms with Crippen molar-refractivity contribution < 1.29 is 0 Å². The van der Waals surface area contributed by atoms with Gasteiger partial charge in [-0.15, -0.1) is 34.0 Å². The number of nitrogens with zero attached hydrogens (tertiary/aromatic N) is 1. The minimum Gasteiger partial charge on any atom is -0.311 e. The van der Waals surface area contributed by atoms with Gasteiger partial charge in [0.1, 0.15) is 0 Å². The Morgan fingerprint density at radius 2 is 1.62 bits per heavy atom. The van der Waals surface area contributed by atoms with Crippen LogP contribution in [0.5, 0.6) is 0 Å². The van der Waals surface area contributed by atoms with E-state index in [9.17, 15) is 0 Å². The molecule has 0 amide bonds. The van der Waals surface area contributed by atoms with E-state index in [0.717, 1.165) is 12.6 Å². The molecule has 4 heteroatoms. The Labute approximate surface area is 151 Å². The van der Waals surface area contributed by atoms with Crippen LogP contribution in [0.3, 0.4) is 0 Å². The highest BCUT2D eigenvalue weighted by Gasteiger charge is 2.20. The first-order chi connectivity index (χ1) is 9.31. The summed E-state index contributed by atoms with van der Waals surface area (Å²) in [6.07, 6.45) is 5.09. The molecule has 1 aromatic carbocycles. The zero-order valence-electron chi connectivity index (χ0n) is 13.3. The minimum atomic E-state index is 0. The highest BCUT2D eigenvalue weighted by Crippen LogP contribution is 2.15. The summed E-state index contributed by atoms with van der Waals surface area (Å²) in [6.45, 7) is 8.13. The van der Waals surface area contributed by atoms with Crippen molar-refractivity contribution in [2.24, 2.45) is 0 Å². The second kappa shape index (κ2) is 11.6. The predicted molar refractivity (Wildman–Crippen MR) is 103 cm³/mol. The largest absolute Gasteiger partial charge is 0.311 e. The van der Waals surface area contributed by atoms with Crippen LogP contribution in [-0.2, 0) is 6.54 Å². The van der Waals surface area contributed by atoms with Crippen molar-refractivity contribution in [3.63, 3.8) is 0 Å². The average Bonchev–Trinajstić information content (AvgIpc) is 2.47. The van der Waals surface area contributed by atoms with Crippen LogP contribution < -0.4 is 5.32 Å². The first-order valence-corrected chi connectivity index (χ1v) is 7.84. The molecule has 0 aliphatic carbocycles. The number of likely N-dealkylation sites (tertiary alicyclic amines) is 1. The van der Waals surface area contributed by atoms with Crippen LogP contribution in [-0.4, -0.2) is 30.1 Å². The maximum atomic E-state index is 3.81. The molecule has 1 saturated heterocycles. The number of hydrogen-bond donors (Lipinski definition) is 1. The molecule has 1 aromatic rings. The normalized spacial score (nSPS) is 16.3. The molecule has 2 rings (SSSR count). The number of hydrogen-bond acceptors (Lipinski definition) is 2. The van der Waals surface area contributed by atoms with E-state index >= 15 is 0 Å². The van der Waals surface area contributed by atoms with Gasteiger partial charge in [0.05, 0.1) is 0 Å². The van der Waals surface area contributed by atoms with E-state index in [1.807, 2.05) is 0 Å². The monoisotopic (exact) mass is 420 g/mol. The molecule has 0 bridgehead atoms. The van der Waals surface area contributed by atoms with E-state index < -0.39 is 0 Å². The molecule has 1 aliphatic heterocycles. The second-order valence-corrected chi connectivity index (χ2v) is 5.72. The van der Waals surface area contributed by atoms with Crippen LogP contribution in [0, 0.1) is 0 Å². The number of rotatable bonds is 6. The highest BCUT2D eigenvalue weighted by atomic mass is 79.9. The Morgan fingerprint density at radius 1 is 1.05 bits per heavy atom. The maximum absolute atomic E-state index is 3.81. The Bertz CT molecular complexity index is 347. The van der Waals surface area contributed by atoms with E-state index in [0.29, 0.717) is 6.04 Å². The van der Waals surface area contributed by atoms with Crippen molar-refractivity contribution in [2.45, 2.75) is 58.2 Å². The third kappa shape index (κ3) is 7.27. The van der Waals surface area contributed by atoms with Crippen LogP contribution >= 0.6 is 34.0 Å². The quantitative estimate of drug-likeness (QED) is 0.722. The van der Waals surface area contributed by atoms with Gasteiger partial charge < -0.3 is 5.32 Å². The average molecular weight is 422 g/mol. The summed E-state index contributed by atoms with van der Waals surface area (Å²) in [4.78, 5) is 2.58. The highest BCUT2D eigenvalue weighted by molar-refractivity contribution is 8.93. The van der Waals surface area contributed by atoms with Crippen LogP contribution in [0.25, 0.3) is 0 Å². The summed E-state index contributed by atoms with van der Waals surface area (Å²) >= 11 is 0. The Morgan fingerprint density at radius 3 is 2.14 bits per heavy atom. The van der Waals surface area contributed by atoms with Gasteiger partial charge >= 0.3 is 0 Å². The SMILES string of the molecule is Br.Br.CCC(CC)NC1CCN(Cc2ccccc2)CC1. The standard InChI is InChI=1S/C17H28N2.2BrH/c1-3-16(4-2)18-17-10-12-19(13-11-17)14-15-8-6-5-7-9-15;;/h5-9,16-18H,3-4,10-14H2,1-2H3;2*1H. The molecular weight excluding hydrogens is 392 g/mol. The molecule has 1 fully saturated rings. The lowest BCUT2D eigenvalue weighted by atomic mass is 10.0. The summed E-state index contributed by atoms with van der Waals surface area (Å²) < 4.78 is 0. The van der Waals surface area contributed by atoms with E-state index in [-0.39, 0.29) is 34.0 Å².